The van der Waals surface area contributed by atoms with Crippen LogP contribution in [-0.4, -0.2) is 67.7 Å². The number of hydrogen-bond donors (Lipinski definition) is 2. The Labute approximate surface area is 186 Å². The van der Waals surface area contributed by atoms with Crippen molar-refractivity contribution in [2.75, 3.05) is 19.0 Å². The molecule has 3 aliphatic rings. The lowest BCUT2D eigenvalue weighted by molar-refractivity contribution is -0.231. The Bertz CT molecular complexity index is 873. The molecule has 0 radical (unpaired) electrons. The van der Waals surface area contributed by atoms with Gasteiger partial charge in [0.2, 0.25) is 5.91 Å². The SMILES string of the molecule is COc1ccccc1NC(=O)CCNC(=O)[C@H]1O[C@@H]2OC(C)(C)O[C@@H]2[C@H]2OC(C)(C)O[C@H]21. The zero-order valence-corrected chi connectivity index (χ0v) is 18.9. The predicted octanol–water partition coefficient (Wildman–Crippen LogP) is 1.54. The molecule has 0 spiro atoms. The number of carbonyl (C=O) groups excluding carboxylic acids is 2. The second-order valence-electron chi connectivity index (χ2n) is 8.88. The van der Waals surface area contributed by atoms with Gasteiger partial charge in [-0.25, -0.2) is 0 Å². The number of benzene rings is 1. The van der Waals surface area contributed by atoms with Crippen molar-refractivity contribution < 1.29 is 38.0 Å². The van der Waals surface area contributed by atoms with Crippen molar-refractivity contribution in [2.45, 2.75) is 76.4 Å². The van der Waals surface area contributed by atoms with Crippen LogP contribution in [0.5, 0.6) is 5.75 Å². The summed E-state index contributed by atoms with van der Waals surface area (Å²) in [5.41, 5.74) is 0.565. The van der Waals surface area contributed by atoms with Gasteiger partial charge in [-0.1, -0.05) is 12.1 Å². The molecule has 3 fully saturated rings. The monoisotopic (exact) mass is 450 g/mol. The van der Waals surface area contributed by atoms with Crippen molar-refractivity contribution in [2.24, 2.45) is 0 Å². The first-order chi connectivity index (χ1) is 15.1. The Morgan fingerprint density at radius 2 is 1.62 bits per heavy atom. The second-order valence-corrected chi connectivity index (χ2v) is 8.88. The zero-order chi connectivity index (χ0) is 23.1. The minimum Gasteiger partial charge on any atom is -0.495 e. The Hall–Kier alpha value is -2.24. The molecule has 0 aliphatic carbocycles. The molecule has 3 heterocycles. The zero-order valence-electron chi connectivity index (χ0n) is 18.9. The van der Waals surface area contributed by atoms with Gasteiger partial charge in [0.05, 0.1) is 12.8 Å². The first-order valence-electron chi connectivity index (χ1n) is 10.7. The highest BCUT2D eigenvalue weighted by molar-refractivity contribution is 5.92. The summed E-state index contributed by atoms with van der Waals surface area (Å²) in [6.45, 7) is 7.23. The molecule has 1 aromatic carbocycles. The minimum atomic E-state index is -0.960. The molecular weight excluding hydrogens is 420 g/mol. The fourth-order valence-electron chi connectivity index (χ4n) is 4.18. The molecule has 0 unspecified atom stereocenters. The van der Waals surface area contributed by atoms with Crippen molar-refractivity contribution >= 4 is 17.5 Å². The lowest BCUT2D eigenvalue weighted by atomic mass is 9.98. The molecule has 2 N–H and O–H groups in total. The van der Waals surface area contributed by atoms with E-state index in [2.05, 4.69) is 10.6 Å². The molecule has 3 saturated heterocycles. The molecule has 1 aromatic rings. The fourth-order valence-corrected chi connectivity index (χ4v) is 4.18. The van der Waals surface area contributed by atoms with Gasteiger partial charge in [-0.2, -0.15) is 0 Å². The van der Waals surface area contributed by atoms with E-state index in [0.717, 1.165) is 0 Å². The number of methoxy groups -OCH3 is 1. The van der Waals surface area contributed by atoms with Gasteiger partial charge >= 0.3 is 0 Å². The lowest BCUT2D eigenvalue weighted by Gasteiger charge is -2.36. The van der Waals surface area contributed by atoms with Crippen LogP contribution in [0.1, 0.15) is 34.1 Å². The van der Waals surface area contributed by atoms with Crippen LogP contribution in [0.3, 0.4) is 0 Å². The number of rotatable bonds is 6. The highest BCUT2D eigenvalue weighted by Gasteiger charge is 2.62. The lowest BCUT2D eigenvalue weighted by Crippen LogP contribution is -2.59. The van der Waals surface area contributed by atoms with E-state index in [0.29, 0.717) is 11.4 Å². The molecule has 0 saturated carbocycles. The smallest absolute Gasteiger partial charge is 0.252 e. The Morgan fingerprint density at radius 1 is 0.969 bits per heavy atom. The number of amides is 2. The third-order valence-electron chi connectivity index (χ3n) is 5.45. The van der Waals surface area contributed by atoms with Crippen LogP contribution in [0.25, 0.3) is 0 Å². The summed E-state index contributed by atoms with van der Waals surface area (Å²) in [5.74, 6) is -1.86. The van der Waals surface area contributed by atoms with Crippen LogP contribution in [-0.2, 0) is 33.3 Å². The number of carbonyl (C=O) groups is 2. The number of ether oxygens (including phenoxy) is 6. The Balaban J connectivity index is 1.35. The molecule has 2 amide bonds. The quantitative estimate of drug-likeness (QED) is 0.671. The summed E-state index contributed by atoms with van der Waals surface area (Å²) in [7, 11) is 1.53. The number of para-hydroxylation sites is 2. The molecule has 0 bridgehead atoms. The second kappa shape index (κ2) is 8.60. The average Bonchev–Trinajstić information content (AvgIpc) is 3.21. The molecular formula is C22H30N2O8. The molecule has 4 rings (SSSR count). The normalized spacial score (nSPS) is 32.0. The van der Waals surface area contributed by atoms with Crippen molar-refractivity contribution in [1.29, 1.82) is 0 Å². The third-order valence-corrected chi connectivity index (χ3v) is 5.45. The van der Waals surface area contributed by atoms with Crippen LogP contribution in [0.15, 0.2) is 24.3 Å². The summed E-state index contributed by atoms with van der Waals surface area (Å²) < 4.78 is 34.8. The largest absolute Gasteiger partial charge is 0.495 e. The standard InChI is InChI=1S/C22H30N2O8/c1-21(2)29-15-16(30-21)18-20(32-22(3,4)31-18)28-17(15)19(26)23-11-10-14(25)24-12-8-6-7-9-13(12)27-5/h6-9,15-18,20H,10-11H2,1-5H3,(H,23,26)(H,24,25)/t15-,16+,17+,18-,20-/m1/s1. The van der Waals surface area contributed by atoms with Gasteiger partial charge in [-0.3, -0.25) is 9.59 Å². The molecule has 0 aromatic heterocycles. The first kappa shape index (κ1) is 22.9. The topological polar surface area (TPSA) is 114 Å². The number of anilines is 1. The van der Waals surface area contributed by atoms with E-state index in [9.17, 15) is 9.59 Å². The van der Waals surface area contributed by atoms with Gasteiger partial charge < -0.3 is 39.1 Å². The first-order valence-corrected chi connectivity index (χ1v) is 10.7. The van der Waals surface area contributed by atoms with Gasteiger partial charge in [0.25, 0.3) is 5.91 Å². The molecule has 32 heavy (non-hydrogen) atoms. The van der Waals surface area contributed by atoms with E-state index in [4.69, 9.17) is 28.4 Å². The maximum absolute atomic E-state index is 12.9. The maximum Gasteiger partial charge on any atom is 0.252 e. The van der Waals surface area contributed by atoms with Crippen molar-refractivity contribution in [1.82, 2.24) is 5.32 Å². The van der Waals surface area contributed by atoms with Gasteiger partial charge in [-0.15, -0.1) is 0 Å². The van der Waals surface area contributed by atoms with Gasteiger partial charge in [0.15, 0.2) is 24.0 Å². The van der Waals surface area contributed by atoms with Crippen LogP contribution in [0.2, 0.25) is 0 Å². The molecule has 3 aliphatic heterocycles. The van der Waals surface area contributed by atoms with Crippen LogP contribution in [0.4, 0.5) is 5.69 Å². The van der Waals surface area contributed by atoms with Gasteiger partial charge in [0.1, 0.15) is 24.1 Å². The average molecular weight is 450 g/mol. The van der Waals surface area contributed by atoms with E-state index >= 15 is 0 Å². The maximum atomic E-state index is 12.9. The van der Waals surface area contributed by atoms with Crippen LogP contribution in [0, 0.1) is 0 Å². The van der Waals surface area contributed by atoms with E-state index in [-0.39, 0.29) is 18.9 Å². The van der Waals surface area contributed by atoms with E-state index < -0.39 is 48.2 Å². The minimum absolute atomic E-state index is 0.0755. The molecule has 176 valence electrons. The van der Waals surface area contributed by atoms with E-state index in [1.54, 1.807) is 45.9 Å². The van der Waals surface area contributed by atoms with Gasteiger partial charge in [0, 0.05) is 13.0 Å². The van der Waals surface area contributed by atoms with Crippen LogP contribution < -0.4 is 15.4 Å². The fraction of sp³-hybridized carbons (Fsp3) is 0.636. The van der Waals surface area contributed by atoms with Crippen LogP contribution >= 0.6 is 0 Å². The Morgan fingerprint density at radius 3 is 2.38 bits per heavy atom. The van der Waals surface area contributed by atoms with Gasteiger partial charge in [-0.05, 0) is 39.8 Å². The van der Waals surface area contributed by atoms with E-state index in [1.165, 1.54) is 7.11 Å². The molecule has 10 heteroatoms. The molecule has 10 nitrogen and oxygen atoms in total. The van der Waals surface area contributed by atoms with E-state index in [1.807, 2.05) is 6.07 Å². The number of nitrogens with one attached hydrogen (secondary N) is 2. The predicted molar refractivity (Wildman–Crippen MR) is 112 cm³/mol. The number of fused-ring (bicyclic) bond motifs is 3. The highest BCUT2D eigenvalue weighted by Crippen LogP contribution is 2.44. The summed E-state index contributed by atoms with van der Waals surface area (Å²) in [5, 5.41) is 5.52. The summed E-state index contributed by atoms with van der Waals surface area (Å²) in [6, 6.07) is 7.10. The highest BCUT2D eigenvalue weighted by atomic mass is 16.9. The summed E-state index contributed by atoms with van der Waals surface area (Å²) in [6.07, 6.45) is -3.33. The van der Waals surface area contributed by atoms with Crippen molar-refractivity contribution in [3.8, 4) is 5.75 Å². The molecule has 5 atom stereocenters. The summed E-state index contributed by atoms with van der Waals surface area (Å²) in [4.78, 5) is 25.2. The number of hydrogen-bond acceptors (Lipinski definition) is 8. The van der Waals surface area contributed by atoms with Crippen molar-refractivity contribution in [3.05, 3.63) is 24.3 Å². The third kappa shape index (κ3) is 4.74. The summed E-state index contributed by atoms with van der Waals surface area (Å²) >= 11 is 0. The van der Waals surface area contributed by atoms with Crippen molar-refractivity contribution in [3.63, 3.8) is 0 Å². The Kier molecular flexibility index (Phi) is 6.17.